The molecule has 5 aromatic rings. The molecule has 6 heteroatoms. The molecule has 1 aliphatic heterocycles. The molecule has 1 unspecified atom stereocenters. The number of benzene rings is 4. The maximum absolute atomic E-state index is 6.72. The molecule has 1 aliphatic rings. The third kappa shape index (κ3) is 4.21. The van der Waals surface area contributed by atoms with E-state index < -0.39 is 0 Å². The van der Waals surface area contributed by atoms with Gasteiger partial charge in [0.25, 0.3) is 0 Å². The van der Waals surface area contributed by atoms with Gasteiger partial charge in [0.15, 0.2) is 0 Å². The highest BCUT2D eigenvalue weighted by Gasteiger charge is 2.34. The molecule has 5 nitrogen and oxygen atoms in total. The highest BCUT2D eigenvalue weighted by Crippen LogP contribution is 2.45. The highest BCUT2D eigenvalue weighted by atomic mass is 35.5. The van der Waals surface area contributed by atoms with Gasteiger partial charge in [0, 0.05) is 22.9 Å². The highest BCUT2D eigenvalue weighted by molar-refractivity contribution is 6.33. The second-order valence-corrected chi connectivity index (χ2v) is 9.39. The van der Waals surface area contributed by atoms with Crippen LogP contribution in [-0.4, -0.2) is 24.9 Å². The topological polar surface area (TPSA) is 49.9 Å². The third-order valence-electron chi connectivity index (χ3n) is 6.89. The largest absolute Gasteiger partial charge is 0.497 e. The minimum atomic E-state index is -0.0646. The van der Waals surface area contributed by atoms with E-state index in [1.807, 2.05) is 48.5 Å². The van der Waals surface area contributed by atoms with Crippen molar-refractivity contribution >= 4 is 33.9 Å². The molecule has 0 saturated carbocycles. The van der Waals surface area contributed by atoms with Crippen molar-refractivity contribution in [1.82, 2.24) is 4.98 Å². The van der Waals surface area contributed by atoms with Gasteiger partial charge < -0.3 is 14.5 Å². The van der Waals surface area contributed by atoms with Crippen LogP contribution in [0.3, 0.4) is 0 Å². The smallest absolute Gasteiger partial charge is 0.118 e. The molecule has 0 spiro atoms. The maximum atomic E-state index is 6.72. The average molecular weight is 508 g/mol. The standard InChI is InChI=1S/C31H26ClN3O2/c1-36-22-15-11-20(12-16-22)27-19-29(35(34-27)28-10-6-4-8-25(28)32)30-24-7-3-5-9-26(24)33-31(30)21-13-17-23(37-2)18-14-21/h3-18,29,33H,19H2,1-2H3. The summed E-state index contributed by atoms with van der Waals surface area (Å²) in [4.78, 5) is 3.68. The Morgan fingerprint density at radius 2 is 1.41 bits per heavy atom. The van der Waals surface area contributed by atoms with Crippen LogP contribution in [-0.2, 0) is 0 Å². The number of nitrogens with zero attached hydrogens (tertiary/aromatic N) is 2. The fourth-order valence-electron chi connectivity index (χ4n) is 5.05. The molecule has 0 bridgehead atoms. The number of H-pyrrole nitrogens is 1. The Labute approximate surface area is 220 Å². The van der Waals surface area contributed by atoms with Gasteiger partial charge >= 0.3 is 0 Å². The van der Waals surface area contributed by atoms with Crippen LogP contribution in [0.15, 0.2) is 102 Å². The summed E-state index contributed by atoms with van der Waals surface area (Å²) in [5.41, 5.74) is 7.36. The van der Waals surface area contributed by atoms with Gasteiger partial charge in [-0.15, -0.1) is 0 Å². The molecule has 184 valence electrons. The number of fused-ring (bicyclic) bond motifs is 1. The van der Waals surface area contributed by atoms with Crippen LogP contribution < -0.4 is 14.5 Å². The first kappa shape index (κ1) is 23.2. The fraction of sp³-hybridized carbons (Fsp3) is 0.129. The Morgan fingerprint density at radius 1 is 0.784 bits per heavy atom. The van der Waals surface area contributed by atoms with Crippen LogP contribution in [0.2, 0.25) is 5.02 Å². The molecule has 0 radical (unpaired) electrons. The molecule has 1 N–H and O–H groups in total. The minimum Gasteiger partial charge on any atom is -0.497 e. The Kier molecular flexibility index (Phi) is 6.07. The molecule has 0 amide bonds. The monoisotopic (exact) mass is 507 g/mol. The number of nitrogens with one attached hydrogen (secondary N) is 1. The summed E-state index contributed by atoms with van der Waals surface area (Å²) < 4.78 is 10.8. The van der Waals surface area contributed by atoms with Crippen LogP contribution in [0.1, 0.15) is 23.6 Å². The van der Waals surface area contributed by atoms with Gasteiger partial charge in [-0.1, -0.05) is 41.9 Å². The fourth-order valence-corrected chi connectivity index (χ4v) is 5.27. The molecule has 1 aromatic heterocycles. The number of halogens is 1. The van der Waals surface area contributed by atoms with Gasteiger partial charge in [-0.25, -0.2) is 0 Å². The van der Waals surface area contributed by atoms with Gasteiger partial charge in [0.05, 0.1) is 42.4 Å². The first-order valence-corrected chi connectivity index (χ1v) is 12.5. The predicted molar refractivity (Wildman–Crippen MR) is 151 cm³/mol. The molecule has 6 rings (SSSR count). The van der Waals surface area contributed by atoms with Crippen LogP contribution in [0.25, 0.3) is 22.2 Å². The van der Waals surface area contributed by atoms with Gasteiger partial charge in [-0.05, 0) is 77.9 Å². The molecule has 37 heavy (non-hydrogen) atoms. The van der Waals surface area contributed by atoms with E-state index in [2.05, 4.69) is 58.5 Å². The zero-order valence-corrected chi connectivity index (χ0v) is 21.4. The van der Waals surface area contributed by atoms with Crippen molar-refractivity contribution in [3.8, 4) is 22.8 Å². The van der Waals surface area contributed by atoms with Crippen molar-refractivity contribution in [2.75, 3.05) is 19.2 Å². The first-order chi connectivity index (χ1) is 18.2. The van der Waals surface area contributed by atoms with Crippen LogP contribution >= 0.6 is 11.6 Å². The quantitative estimate of drug-likeness (QED) is 0.254. The van der Waals surface area contributed by atoms with Gasteiger partial charge in [0.1, 0.15) is 11.5 Å². The van der Waals surface area contributed by atoms with Crippen molar-refractivity contribution in [2.24, 2.45) is 5.10 Å². The molecule has 4 aromatic carbocycles. The Balaban J connectivity index is 1.52. The normalized spacial score (nSPS) is 15.2. The Bertz CT molecular complexity index is 1590. The second-order valence-electron chi connectivity index (χ2n) is 8.98. The van der Waals surface area contributed by atoms with E-state index in [0.717, 1.165) is 51.7 Å². The van der Waals surface area contributed by atoms with E-state index in [4.69, 9.17) is 26.2 Å². The third-order valence-corrected chi connectivity index (χ3v) is 7.21. The average Bonchev–Trinajstić information content (AvgIpc) is 3.55. The zero-order valence-electron chi connectivity index (χ0n) is 20.6. The van der Waals surface area contributed by atoms with Crippen molar-refractivity contribution in [1.29, 1.82) is 0 Å². The van der Waals surface area contributed by atoms with Crippen LogP contribution in [0, 0.1) is 0 Å². The molecule has 1 atom stereocenters. The molecular formula is C31H26ClN3O2. The number of ether oxygens (including phenoxy) is 2. The van der Waals surface area contributed by atoms with Crippen molar-refractivity contribution in [2.45, 2.75) is 12.5 Å². The van der Waals surface area contributed by atoms with E-state index >= 15 is 0 Å². The zero-order chi connectivity index (χ0) is 25.4. The number of anilines is 1. The number of hydrogen-bond donors (Lipinski definition) is 1. The lowest BCUT2D eigenvalue weighted by Crippen LogP contribution is -2.19. The summed E-state index contributed by atoms with van der Waals surface area (Å²) >= 11 is 6.72. The summed E-state index contributed by atoms with van der Waals surface area (Å²) in [6.07, 6.45) is 0.725. The molecule has 0 aliphatic carbocycles. The second kappa shape index (κ2) is 9.68. The maximum Gasteiger partial charge on any atom is 0.118 e. The van der Waals surface area contributed by atoms with Crippen molar-refractivity contribution in [3.05, 3.63) is 113 Å². The summed E-state index contributed by atoms with van der Waals surface area (Å²) in [6.45, 7) is 0. The van der Waals surface area contributed by atoms with Crippen LogP contribution in [0.5, 0.6) is 11.5 Å². The number of aromatic amines is 1. The van der Waals surface area contributed by atoms with E-state index in [1.54, 1.807) is 14.2 Å². The molecular weight excluding hydrogens is 482 g/mol. The van der Waals surface area contributed by atoms with Gasteiger partial charge in [0.2, 0.25) is 0 Å². The van der Waals surface area contributed by atoms with Crippen LogP contribution in [0.4, 0.5) is 5.69 Å². The first-order valence-electron chi connectivity index (χ1n) is 12.2. The minimum absolute atomic E-state index is 0.0646. The number of hydrazone groups is 1. The lowest BCUT2D eigenvalue weighted by atomic mass is 9.93. The predicted octanol–water partition coefficient (Wildman–Crippen LogP) is 7.86. The van der Waals surface area contributed by atoms with Crippen molar-refractivity contribution in [3.63, 3.8) is 0 Å². The number of aromatic nitrogens is 1. The van der Waals surface area contributed by atoms with E-state index in [1.165, 1.54) is 10.9 Å². The number of methoxy groups -OCH3 is 2. The summed E-state index contributed by atoms with van der Waals surface area (Å²) in [7, 11) is 3.36. The van der Waals surface area contributed by atoms with Gasteiger partial charge in [-0.2, -0.15) is 5.10 Å². The van der Waals surface area contributed by atoms with Crippen molar-refractivity contribution < 1.29 is 9.47 Å². The number of para-hydroxylation sites is 2. The molecule has 0 fully saturated rings. The summed E-state index contributed by atoms with van der Waals surface area (Å²) in [5, 5.41) is 9.05. The van der Waals surface area contributed by atoms with E-state index in [9.17, 15) is 0 Å². The van der Waals surface area contributed by atoms with E-state index in [-0.39, 0.29) is 6.04 Å². The lowest BCUT2D eigenvalue weighted by Gasteiger charge is -2.25. The van der Waals surface area contributed by atoms with Gasteiger partial charge in [-0.3, -0.25) is 5.01 Å². The molecule has 2 heterocycles. The van der Waals surface area contributed by atoms with E-state index in [0.29, 0.717) is 5.02 Å². The lowest BCUT2D eigenvalue weighted by molar-refractivity contribution is 0.414. The number of rotatable bonds is 6. The Morgan fingerprint density at radius 3 is 2.08 bits per heavy atom. The Hall–Kier alpha value is -4.22. The summed E-state index contributed by atoms with van der Waals surface area (Å²) in [6, 6.07) is 32.5. The number of hydrogen-bond acceptors (Lipinski definition) is 4. The molecule has 0 saturated heterocycles. The SMILES string of the molecule is COc1ccc(C2=NN(c3ccccc3Cl)C(c3c(-c4ccc(OC)cc4)[nH]c4ccccc34)C2)cc1. The summed E-state index contributed by atoms with van der Waals surface area (Å²) in [5.74, 6) is 1.64.